The maximum atomic E-state index is 11.3. The number of carbonyl (C=O) groups is 1. The molecule has 106 valence electrons. The normalized spacial score (nSPS) is 10.1. The minimum atomic E-state index is -0.304. The van der Waals surface area contributed by atoms with Crippen molar-refractivity contribution in [2.75, 3.05) is 27.0 Å². The number of hydrogen-bond donors (Lipinski definition) is 2. The summed E-state index contributed by atoms with van der Waals surface area (Å²) in [6.07, 6.45) is 0.758. The Hall–Kier alpha value is -1.17. The largest absolute Gasteiger partial charge is 0.472 e. The number of hydrogen-bond acceptors (Lipinski definition) is 3. The van der Waals surface area contributed by atoms with Crippen molar-refractivity contribution in [3.63, 3.8) is 0 Å². The summed E-state index contributed by atoms with van der Waals surface area (Å²) in [5.41, 5.74) is 0. The molecule has 0 aromatic heterocycles. The van der Waals surface area contributed by atoms with Crippen molar-refractivity contribution in [1.29, 1.82) is 0 Å². The molecule has 0 aliphatic heterocycles. The molecule has 0 aliphatic rings. The lowest BCUT2D eigenvalue weighted by atomic mass is 10.3. The zero-order valence-electron chi connectivity index (χ0n) is 10.5. The molecule has 1 aromatic carbocycles. The van der Waals surface area contributed by atoms with Crippen LogP contribution in [0.1, 0.15) is 6.42 Å². The highest BCUT2D eigenvalue weighted by atomic mass is 35.5. The van der Waals surface area contributed by atoms with Crippen LogP contribution in [0.2, 0.25) is 10.0 Å². The smallest absolute Gasteiger partial charge is 0.317 e. The molecule has 1 aromatic rings. The van der Waals surface area contributed by atoms with E-state index in [1.165, 1.54) is 0 Å². The fourth-order valence-electron chi connectivity index (χ4n) is 1.25. The van der Waals surface area contributed by atoms with Crippen molar-refractivity contribution in [2.24, 2.45) is 0 Å². The quantitative estimate of drug-likeness (QED) is 0.601. The van der Waals surface area contributed by atoms with Crippen molar-refractivity contribution >= 4 is 29.2 Å². The number of amides is 2. The predicted octanol–water partition coefficient (Wildman–Crippen LogP) is 2.67. The van der Waals surface area contributed by atoms with Crippen LogP contribution in [-0.2, 0) is 4.74 Å². The Labute approximate surface area is 122 Å². The predicted molar refractivity (Wildman–Crippen MR) is 75.0 cm³/mol. The van der Waals surface area contributed by atoms with E-state index in [1.807, 2.05) is 0 Å². The Morgan fingerprint density at radius 2 is 2.11 bits per heavy atom. The third kappa shape index (κ3) is 6.52. The van der Waals surface area contributed by atoms with E-state index in [0.717, 1.165) is 6.42 Å². The van der Waals surface area contributed by atoms with Gasteiger partial charge in [-0.3, -0.25) is 0 Å². The van der Waals surface area contributed by atoms with E-state index in [9.17, 15) is 4.79 Å². The Balaban J connectivity index is 2.20. The summed E-state index contributed by atoms with van der Waals surface area (Å²) in [5.74, 6) is 0.464. The maximum absolute atomic E-state index is 11.3. The lowest BCUT2D eigenvalue weighted by molar-refractivity contribution is 0.192. The first kappa shape index (κ1) is 15.9. The number of benzene rings is 1. The molecular weight excluding hydrogens is 291 g/mol. The van der Waals surface area contributed by atoms with Gasteiger partial charge in [0, 0.05) is 25.3 Å². The molecule has 0 saturated carbocycles. The number of rotatable bonds is 7. The van der Waals surface area contributed by atoms with Crippen LogP contribution in [0.15, 0.2) is 18.2 Å². The summed E-state index contributed by atoms with van der Waals surface area (Å²) < 4.78 is 10.2. The van der Waals surface area contributed by atoms with E-state index in [-0.39, 0.29) is 12.8 Å². The molecule has 0 unspecified atom stereocenters. The van der Waals surface area contributed by atoms with E-state index in [2.05, 4.69) is 10.6 Å². The van der Waals surface area contributed by atoms with Crippen molar-refractivity contribution in [2.45, 2.75) is 6.42 Å². The van der Waals surface area contributed by atoms with Gasteiger partial charge in [-0.2, -0.15) is 0 Å². The Morgan fingerprint density at radius 1 is 1.32 bits per heavy atom. The fourth-order valence-corrected chi connectivity index (χ4v) is 1.72. The second-order valence-corrected chi connectivity index (χ2v) is 4.49. The first-order chi connectivity index (χ1) is 9.13. The molecule has 19 heavy (non-hydrogen) atoms. The third-order valence-electron chi connectivity index (χ3n) is 2.17. The van der Waals surface area contributed by atoms with Crippen LogP contribution < -0.4 is 15.4 Å². The third-order valence-corrected chi connectivity index (χ3v) is 2.70. The first-order valence-electron chi connectivity index (χ1n) is 5.72. The zero-order valence-corrected chi connectivity index (χ0v) is 12.1. The molecule has 0 atom stereocenters. The van der Waals surface area contributed by atoms with Gasteiger partial charge in [0.05, 0.1) is 5.02 Å². The summed E-state index contributed by atoms with van der Waals surface area (Å²) in [6, 6.07) is 4.57. The number of urea groups is 1. The minimum Gasteiger partial charge on any atom is -0.472 e. The number of methoxy groups -OCH3 is 1. The molecule has 0 saturated heterocycles. The van der Waals surface area contributed by atoms with Crippen molar-refractivity contribution in [3.05, 3.63) is 28.2 Å². The summed E-state index contributed by atoms with van der Waals surface area (Å²) in [5, 5.41) is 6.14. The fraction of sp³-hybridized carbons (Fsp3) is 0.417. The van der Waals surface area contributed by atoms with Crippen LogP contribution in [0.3, 0.4) is 0 Å². The standard InChI is InChI=1S/C12H16Cl2N2O3/c1-18-6-2-5-15-12(17)16-8-19-11-4-3-9(13)7-10(11)14/h3-4,7H,2,5-6,8H2,1H3,(H2,15,16,17). The Kier molecular flexibility index (Phi) is 7.40. The molecule has 1 rings (SSSR count). The van der Waals surface area contributed by atoms with Crippen molar-refractivity contribution < 1.29 is 14.3 Å². The summed E-state index contributed by atoms with van der Waals surface area (Å²) in [7, 11) is 1.61. The second-order valence-electron chi connectivity index (χ2n) is 3.64. The highest BCUT2D eigenvalue weighted by Crippen LogP contribution is 2.27. The van der Waals surface area contributed by atoms with E-state index < -0.39 is 0 Å². The molecule has 0 radical (unpaired) electrons. The van der Waals surface area contributed by atoms with E-state index in [4.69, 9.17) is 32.7 Å². The molecule has 7 heteroatoms. The first-order valence-corrected chi connectivity index (χ1v) is 6.47. The molecule has 0 bridgehead atoms. The summed E-state index contributed by atoms with van der Waals surface area (Å²) in [6.45, 7) is 1.18. The van der Waals surface area contributed by atoms with Crippen LogP contribution in [0.5, 0.6) is 5.75 Å². The monoisotopic (exact) mass is 306 g/mol. The van der Waals surface area contributed by atoms with Gasteiger partial charge in [-0.15, -0.1) is 0 Å². The molecule has 0 heterocycles. The highest BCUT2D eigenvalue weighted by molar-refractivity contribution is 6.35. The molecular formula is C12H16Cl2N2O3. The van der Waals surface area contributed by atoms with Gasteiger partial charge in [0.1, 0.15) is 5.75 Å². The maximum Gasteiger partial charge on any atom is 0.317 e. The van der Waals surface area contributed by atoms with Gasteiger partial charge in [0.25, 0.3) is 0 Å². The number of halogens is 2. The van der Waals surface area contributed by atoms with Gasteiger partial charge in [0.2, 0.25) is 0 Å². The Morgan fingerprint density at radius 3 is 2.79 bits per heavy atom. The average Bonchev–Trinajstić information content (AvgIpc) is 2.37. The zero-order chi connectivity index (χ0) is 14.1. The number of carbonyl (C=O) groups excluding carboxylic acids is 1. The number of ether oxygens (including phenoxy) is 2. The van der Waals surface area contributed by atoms with E-state index in [1.54, 1.807) is 25.3 Å². The van der Waals surface area contributed by atoms with Crippen molar-refractivity contribution in [1.82, 2.24) is 10.6 Å². The molecule has 2 amide bonds. The highest BCUT2D eigenvalue weighted by Gasteiger charge is 2.03. The van der Waals surface area contributed by atoms with Crippen LogP contribution in [0.4, 0.5) is 4.79 Å². The van der Waals surface area contributed by atoms with Gasteiger partial charge < -0.3 is 20.1 Å². The lowest BCUT2D eigenvalue weighted by Gasteiger charge is -2.10. The van der Waals surface area contributed by atoms with Gasteiger partial charge in [0.15, 0.2) is 6.73 Å². The second kappa shape index (κ2) is 8.85. The van der Waals surface area contributed by atoms with E-state index in [0.29, 0.717) is 28.9 Å². The Bertz CT molecular complexity index is 416. The molecule has 0 spiro atoms. The van der Waals surface area contributed by atoms with Gasteiger partial charge in [-0.05, 0) is 24.6 Å². The molecule has 0 fully saturated rings. The molecule has 5 nitrogen and oxygen atoms in total. The average molecular weight is 307 g/mol. The summed E-state index contributed by atoms with van der Waals surface area (Å²) in [4.78, 5) is 11.3. The molecule has 0 aliphatic carbocycles. The van der Waals surface area contributed by atoms with Gasteiger partial charge >= 0.3 is 6.03 Å². The summed E-state index contributed by atoms with van der Waals surface area (Å²) >= 11 is 11.7. The topological polar surface area (TPSA) is 59.6 Å². The minimum absolute atomic E-state index is 0.0253. The van der Waals surface area contributed by atoms with Gasteiger partial charge in [-0.1, -0.05) is 23.2 Å². The van der Waals surface area contributed by atoms with Crippen LogP contribution in [-0.4, -0.2) is 33.0 Å². The van der Waals surface area contributed by atoms with Crippen LogP contribution in [0, 0.1) is 0 Å². The van der Waals surface area contributed by atoms with Crippen LogP contribution in [0.25, 0.3) is 0 Å². The van der Waals surface area contributed by atoms with E-state index >= 15 is 0 Å². The SMILES string of the molecule is COCCCNC(=O)NCOc1ccc(Cl)cc1Cl. The van der Waals surface area contributed by atoms with Gasteiger partial charge in [-0.25, -0.2) is 4.79 Å². The van der Waals surface area contributed by atoms with Crippen molar-refractivity contribution in [3.8, 4) is 5.75 Å². The molecule has 2 N–H and O–H groups in total. The van der Waals surface area contributed by atoms with Crippen LogP contribution >= 0.6 is 23.2 Å². The number of nitrogens with one attached hydrogen (secondary N) is 2. The lowest BCUT2D eigenvalue weighted by Crippen LogP contribution is -2.38.